The summed E-state index contributed by atoms with van der Waals surface area (Å²) in [5.74, 6) is 0.320. The van der Waals surface area contributed by atoms with Crippen LogP contribution in [0.5, 0.6) is 0 Å². The minimum atomic E-state index is -4.27. The standard InChI is InChI=1S/C22H19N5O3S/c1-15-7-9-16(10-8-15)20-21(22(23)27(26-20)18-5-3-2-4-6-18)25-24-17-11-13-19(14-12-17)31(28,29)30/h2-14H,23H2,1H3,(H,28,29,30). The Morgan fingerprint density at radius 2 is 1.55 bits per heavy atom. The largest absolute Gasteiger partial charge is 0.382 e. The normalized spacial score (nSPS) is 11.8. The topological polar surface area (TPSA) is 123 Å². The van der Waals surface area contributed by atoms with Crippen LogP contribution in [0.25, 0.3) is 16.9 Å². The van der Waals surface area contributed by atoms with E-state index in [9.17, 15) is 8.42 Å². The first kappa shape index (κ1) is 20.5. The number of hydrogen-bond donors (Lipinski definition) is 2. The molecule has 4 aromatic rings. The van der Waals surface area contributed by atoms with Crippen molar-refractivity contribution in [3.05, 3.63) is 84.4 Å². The molecule has 0 unspecified atom stereocenters. The van der Waals surface area contributed by atoms with Crippen LogP contribution in [-0.4, -0.2) is 22.8 Å². The first-order chi connectivity index (χ1) is 14.8. The summed E-state index contributed by atoms with van der Waals surface area (Å²) < 4.78 is 33.1. The Bertz CT molecular complexity index is 1350. The Kier molecular flexibility index (Phi) is 5.37. The van der Waals surface area contributed by atoms with Gasteiger partial charge in [0.15, 0.2) is 11.5 Å². The molecule has 0 atom stereocenters. The van der Waals surface area contributed by atoms with Crippen LogP contribution >= 0.6 is 0 Å². The number of anilines is 1. The Labute approximate surface area is 179 Å². The Balaban J connectivity index is 1.79. The van der Waals surface area contributed by atoms with Crippen LogP contribution in [0, 0.1) is 6.92 Å². The quantitative estimate of drug-likeness (QED) is 0.335. The Morgan fingerprint density at radius 1 is 0.903 bits per heavy atom. The summed E-state index contributed by atoms with van der Waals surface area (Å²) in [6, 6.07) is 22.7. The molecule has 31 heavy (non-hydrogen) atoms. The molecule has 0 aliphatic rings. The summed E-state index contributed by atoms with van der Waals surface area (Å²) in [5.41, 5.74) is 10.5. The molecule has 3 N–H and O–H groups in total. The number of aromatic nitrogens is 2. The predicted octanol–water partition coefficient (Wildman–Crippen LogP) is 5.09. The zero-order chi connectivity index (χ0) is 22.0. The highest BCUT2D eigenvalue weighted by Gasteiger charge is 2.18. The van der Waals surface area contributed by atoms with Gasteiger partial charge in [0.1, 0.15) is 5.69 Å². The van der Waals surface area contributed by atoms with Gasteiger partial charge in [-0.1, -0.05) is 48.0 Å². The lowest BCUT2D eigenvalue weighted by molar-refractivity contribution is 0.483. The van der Waals surface area contributed by atoms with Gasteiger partial charge in [0.2, 0.25) is 0 Å². The summed E-state index contributed by atoms with van der Waals surface area (Å²) >= 11 is 0. The molecule has 0 radical (unpaired) electrons. The van der Waals surface area contributed by atoms with Gasteiger partial charge < -0.3 is 5.73 Å². The van der Waals surface area contributed by atoms with Crippen LogP contribution in [0.4, 0.5) is 17.2 Å². The monoisotopic (exact) mass is 433 g/mol. The fourth-order valence-electron chi connectivity index (χ4n) is 2.99. The molecule has 0 aliphatic heterocycles. The molecule has 9 heteroatoms. The van der Waals surface area contributed by atoms with Gasteiger partial charge in [-0.3, -0.25) is 4.55 Å². The smallest absolute Gasteiger partial charge is 0.294 e. The molecule has 156 valence electrons. The molecule has 0 saturated heterocycles. The van der Waals surface area contributed by atoms with E-state index in [1.165, 1.54) is 24.3 Å². The summed E-state index contributed by atoms with van der Waals surface area (Å²) in [5, 5.41) is 13.2. The third kappa shape index (κ3) is 4.37. The Morgan fingerprint density at radius 3 is 2.16 bits per heavy atom. The van der Waals surface area contributed by atoms with E-state index < -0.39 is 10.1 Å². The molecule has 0 amide bonds. The number of nitrogens with two attached hydrogens (primary N) is 1. The molecule has 0 saturated carbocycles. The van der Waals surface area contributed by atoms with Crippen molar-refractivity contribution in [1.29, 1.82) is 0 Å². The molecule has 1 heterocycles. The first-order valence-electron chi connectivity index (χ1n) is 9.33. The maximum absolute atomic E-state index is 11.2. The lowest BCUT2D eigenvalue weighted by atomic mass is 10.1. The van der Waals surface area contributed by atoms with E-state index in [0.717, 1.165) is 16.8 Å². The lowest BCUT2D eigenvalue weighted by Gasteiger charge is -2.02. The number of nitrogens with zero attached hydrogens (tertiary/aromatic N) is 4. The zero-order valence-corrected chi connectivity index (χ0v) is 17.4. The minimum Gasteiger partial charge on any atom is -0.382 e. The van der Waals surface area contributed by atoms with Crippen molar-refractivity contribution in [2.24, 2.45) is 10.2 Å². The number of aryl methyl sites for hydroxylation is 1. The van der Waals surface area contributed by atoms with Crippen molar-refractivity contribution in [2.75, 3.05) is 5.73 Å². The summed E-state index contributed by atoms with van der Waals surface area (Å²) in [6.45, 7) is 2.00. The first-order valence-corrected chi connectivity index (χ1v) is 10.8. The second-order valence-electron chi connectivity index (χ2n) is 6.86. The molecular formula is C22H19N5O3S. The number of benzene rings is 3. The SMILES string of the molecule is Cc1ccc(-c2nn(-c3ccccc3)c(N)c2N=Nc2ccc(S(=O)(=O)O)cc2)cc1. The zero-order valence-electron chi connectivity index (χ0n) is 16.5. The molecule has 3 aromatic carbocycles. The van der Waals surface area contributed by atoms with E-state index in [4.69, 9.17) is 10.3 Å². The molecule has 0 spiro atoms. The highest BCUT2D eigenvalue weighted by molar-refractivity contribution is 7.85. The van der Waals surface area contributed by atoms with Gasteiger partial charge in [-0.25, -0.2) is 4.68 Å². The summed E-state index contributed by atoms with van der Waals surface area (Å²) in [6.07, 6.45) is 0. The van der Waals surface area contributed by atoms with Crippen molar-refractivity contribution in [1.82, 2.24) is 9.78 Å². The number of azo groups is 1. The van der Waals surface area contributed by atoms with Gasteiger partial charge in [0, 0.05) is 5.56 Å². The second-order valence-corrected chi connectivity index (χ2v) is 8.29. The average molecular weight is 433 g/mol. The van der Waals surface area contributed by atoms with Crippen molar-refractivity contribution >= 4 is 27.3 Å². The van der Waals surface area contributed by atoms with Crippen LogP contribution < -0.4 is 5.73 Å². The van der Waals surface area contributed by atoms with E-state index in [1.807, 2.05) is 61.5 Å². The molecule has 1 aromatic heterocycles. The van der Waals surface area contributed by atoms with E-state index in [1.54, 1.807) is 4.68 Å². The molecule has 8 nitrogen and oxygen atoms in total. The summed E-state index contributed by atoms with van der Waals surface area (Å²) in [4.78, 5) is -0.219. The van der Waals surface area contributed by atoms with Gasteiger partial charge in [-0.2, -0.15) is 18.6 Å². The second kappa shape index (κ2) is 8.13. The van der Waals surface area contributed by atoms with E-state index >= 15 is 0 Å². The van der Waals surface area contributed by atoms with Crippen LogP contribution in [0.3, 0.4) is 0 Å². The van der Waals surface area contributed by atoms with E-state index in [-0.39, 0.29) is 4.90 Å². The van der Waals surface area contributed by atoms with Gasteiger partial charge in [0.05, 0.1) is 16.3 Å². The van der Waals surface area contributed by atoms with Crippen LogP contribution in [0.1, 0.15) is 5.56 Å². The van der Waals surface area contributed by atoms with Crippen LogP contribution in [0.2, 0.25) is 0 Å². The maximum atomic E-state index is 11.2. The predicted molar refractivity (Wildman–Crippen MR) is 119 cm³/mol. The Hall–Kier alpha value is -3.82. The van der Waals surface area contributed by atoms with Crippen LogP contribution in [-0.2, 0) is 10.1 Å². The summed E-state index contributed by atoms with van der Waals surface area (Å²) in [7, 11) is -4.27. The fourth-order valence-corrected chi connectivity index (χ4v) is 3.47. The van der Waals surface area contributed by atoms with Crippen molar-refractivity contribution in [2.45, 2.75) is 11.8 Å². The number of rotatable bonds is 5. The molecule has 0 fully saturated rings. The highest BCUT2D eigenvalue weighted by Crippen LogP contribution is 2.37. The molecule has 4 rings (SSSR count). The fraction of sp³-hybridized carbons (Fsp3) is 0.0455. The molecular weight excluding hydrogens is 414 g/mol. The van der Waals surface area contributed by atoms with Crippen molar-refractivity contribution < 1.29 is 13.0 Å². The van der Waals surface area contributed by atoms with Crippen LogP contribution in [0.15, 0.2) is 94.0 Å². The maximum Gasteiger partial charge on any atom is 0.294 e. The lowest BCUT2D eigenvalue weighted by Crippen LogP contribution is -2.01. The van der Waals surface area contributed by atoms with Crippen molar-refractivity contribution in [3.8, 4) is 16.9 Å². The third-order valence-corrected chi connectivity index (χ3v) is 5.49. The van der Waals surface area contributed by atoms with Gasteiger partial charge in [-0.15, -0.1) is 5.11 Å². The van der Waals surface area contributed by atoms with E-state index in [2.05, 4.69) is 15.3 Å². The minimum absolute atomic E-state index is 0.219. The van der Waals surface area contributed by atoms with Gasteiger partial charge in [-0.05, 0) is 43.3 Å². The number of para-hydroxylation sites is 1. The van der Waals surface area contributed by atoms with Crippen molar-refractivity contribution in [3.63, 3.8) is 0 Å². The highest BCUT2D eigenvalue weighted by atomic mass is 32.2. The van der Waals surface area contributed by atoms with Gasteiger partial charge in [0.25, 0.3) is 10.1 Å². The molecule has 0 bridgehead atoms. The third-order valence-electron chi connectivity index (χ3n) is 4.62. The van der Waals surface area contributed by atoms with Gasteiger partial charge >= 0.3 is 0 Å². The number of hydrogen-bond acceptors (Lipinski definition) is 6. The number of nitrogen functional groups attached to an aromatic ring is 1. The van der Waals surface area contributed by atoms with E-state index in [0.29, 0.717) is 22.9 Å². The average Bonchev–Trinajstić information content (AvgIpc) is 3.09. The molecule has 0 aliphatic carbocycles.